The highest BCUT2D eigenvalue weighted by atomic mass is 79.9. The largest absolute Gasteiger partial charge is 0.492 e. The van der Waals surface area contributed by atoms with Crippen LogP contribution in [0.25, 0.3) is 0 Å². The smallest absolute Gasteiger partial charge is 0.319 e. The monoisotopic (exact) mass is 355 g/mol. The fourth-order valence-electron chi connectivity index (χ4n) is 2.73. The van der Waals surface area contributed by atoms with Gasteiger partial charge in [0.2, 0.25) is 0 Å². The van der Waals surface area contributed by atoms with Crippen LogP contribution in [0.2, 0.25) is 0 Å². The van der Waals surface area contributed by atoms with Gasteiger partial charge >= 0.3 is 5.97 Å². The first-order chi connectivity index (χ1) is 10.2. The van der Waals surface area contributed by atoms with E-state index in [0.29, 0.717) is 19.2 Å². The van der Waals surface area contributed by atoms with Crippen LogP contribution in [-0.4, -0.2) is 43.7 Å². The molecule has 0 aliphatic heterocycles. The Labute approximate surface area is 134 Å². The number of nitrogens with zero attached hydrogens (tertiary/aromatic N) is 1. The van der Waals surface area contributed by atoms with Crippen molar-refractivity contribution in [2.45, 2.75) is 31.7 Å². The molecule has 116 valence electrons. The van der Waals surface area contributed by atoms with Crippen LogP contribution in [0.5, 0.6) is 5.75 Å². The quantitative estimate of drug-likeness (QED) is 0.703. The number of halogens is 1. The molecule has 5 heteroatoms. The Kier molecular flexibility index (Phi) is 6.51. The summed E-state index contributed by atoms with van der Waals surface area (Å²) in [6.07, 6.45) is 4.81. The minimum atomic E-state index is -0.177. The number of hydrogen-bond donors (Lipinski definition) is 0. The molecule has 0 N–H and O–H groups in total. The van der Waals surface area contributed by atoms with E-state index in [-0.39, 0.29) is 5.97 Å². The predicted octanol–water partition coefficient (Wildman–Crippen LogP) is 3.25. The molecule has 1 aromatic carbocycles. The maximum absolute atomic E-state index is 11.5. The third-order valence-electron chi connectivity index (χ3n) is 3.84. The Hall–Kier alpha value is -1.07. The summed E-state index contributed by atoms with van der Waals surface area (Å²) in [5.74, 6) is 0.665. The number of hydrogen-bond acceptors (Lipinski definition) is 4. The van der Waals surface area contributed by atoms with Crippen LogP contribution in [0.3, 0.4) is 0 Å². The van der Waals surface area contributed by atoms with E-state index in [0.717, 1.165) is 29.6 Å². The zero-order valence-corrected chi connectivity index (χ0v) is 14.0. The van der Waals surface area contributed by atoms with Gasteiger partial charge in [-0.15, -0.1) is 0 Å². The van der Waals surface area contributed by atoms with E-state index >= 15 is 0 Å². The summed E-state index contributed by atoms with van der Waals surface area (Å²) < 4.78 is 11.6. The number of carbonyl (C=O) groups is 1. The topological polar surface area (TPSA) is 38.8 Å². The van der Waals surface area contributed by atoms with Crippen molar-refractivity contribution in [3.63, 3.8) is 0 Å². The highest BCUT2D eigenvalue weighted by Crippen LogP contribution is 2.23. The van der Waals surface area contributed by atoms with Crippen LogP contribution < -0.4 is 4.74 Å². The number of methoxy groups -OCH3 is 1. The number of esters is 1. The van der Waals surface area contributed by atoms with Gasteiger partial charge in [-0.3, -0.25) is 9.69 Å². The molecule has 1 aliphatic carbocycles. The SMILES string of the molecule is COC(=O)CN(CCOc1cccc(Br)c1)C1CCCC1. The molecule has 0 heterocycles. The van der Waals surface area contributed by atoms with E-state index < -0.39 is 0 Å². The lowest BCUT2D eigenvalue weighted by Gasteiger charge is -2.27. The molecule has 0 saturated heterocycles. The molecule has 0 radical (unpaired) electrons. The Balaban J connectivity index is 1.84. The highest BCUT2D eigenvalue weighted by Gasteiger charge is 2.24. The minimum Gasteiger partial charge on any atom is -0.492 e. The maximum atomic E-state index is 11.5. The molecule has 0 aromatic heterocycles. The van der Waals surface area contributed by atoms with Crippen LogP contribution in [0.15, 0.2) is 28.7 Å². The molecule has 1 aliphatic rings. The molecule has 0 spiro atoms. The Morgan fingerprint density at radius 2 is 2.14 bits per heavy atom. The second-order valence-corrected chi connectivity index (χ2v) is 6.21. The molecule has 4 nitrogen and oxygen atoms in total. The van der Waals surface area contributed by atoms with Crippen LogP contribution in [0.1, 0.15) is 25.7 Å². The summed E-state index contributed by atoms with van der Waals surface area (Å²) in [7, 11) is 1.44. The van der Waals surface area contributed by atoms with Crippen molar-refractivity contribution in [3.05, 3.63) is 28.7 Å². The lowest BCUT2D eigenvalue weighted by Crippen LogP contribution is -2.40. The third kappa shape index (κ3) is 5.32. The van der Waals surface area contributed by atoms with Gasteiger partial charge in [-0.1, -0.05) is 34.8 Å². The Morgan fingerprint density at radius 3 is 2.81 bits per heavy atom. The maximum Gasteiger partial charge on any atom is 0.319 e. The van der Waals surface area contributed by atoms with Crippen LogP contribution in [0.4, 0.5) is 0 Å². The molecule has 1 aromatic rings. The number of carbonyl (C=O) groups excluding carboxylic acids is 1. The van der Waals surface area contributed by atoms with E-state index in [2.05, 4.69) is 20.8 Å². The van der Waals surface area contributed by atoms with Crippen molar-refractivity contribution >= 4 is 21.9 Å². The van der Waals surface area contributed by atoms with Gasteiger partial charge in [0.25, 0.3) is 0 Å². The Morgan fingerprint density at radius 1 is 1.38 bits per heavy atom. The molecule has 0 unspecified atom stereocenters. The molecule has 1 saturated carbocycles. The molecule has 0 amide bonds. The van der Waals surface area contributed by atoms with Gasteiger partial charge in [0, 0.05) is 17.1 Å². The van der Waals surface area contributed by atoms with Crippen molar-refractivity contribution in [3.8, 4) is 5.75 Å². The normalized spacial score (nSPS) is 15.4. The van der Waals surface area contributed by atoms with Crippen molar-refractivity contribution in [1.82, 2.24) is 4.90 Å². The van der Waals surface area contributed by atoms with Crippen molar-refractivity contribution in [2.24, 2.45) is 0 Å². The average molecular weight is 356 g/mol. The van der Waals surface area contributed by atoms with E-state index in [1.165, 1.54) is 20.0 Å². The zero-order valence-electron chi connectivity index (χ0n) is 12.4. The van der Waals surface area contributed by atoms with Crippen molar-refractivity contribution < 1.29 is 14.3 Å². The van der Waals surface area contributed by atoms with Crippen LogP contribution >= 0.6 is 15.9 Å². The van der Waals surface area contributed by atoms with Gasteiger partial charge in [-0.2, -0.15) is 0 Å². The number of rotatable bonds is 7. The van der Waals surface area contributed by atoms with Gasteiger partial charge in [0.15, 0.2) is 0 Å². The average Bonchev–Trinajstić information content (AvgIpc) is 3.00. The standard InChI is InChI=1S/C16H22BrNO3/c1-20-16(19)12-18(14-6-2-3-7-14)9-10-21-15-8-4-5-13(17)11-15/h4-5,8,11,14H,2-3,6-7,9-10,12H2,1H3. The summed E-state index contributed by atoms with van der Waals surface area (Å²) in [6.45, 7) is 1.67. The molecular weight excluding hydrogens is 334 g/mol. The summed E-state index contributed by atoms with van der Waals surface area (Å²) >= 11 is 3.43. The lowest BCUT2D eigenvalue weighted by molar-refractivity contribution is -0.142. The second kappa shape index (κ2) is 8.39. The number of ether oxygens (including phenoxy) is 2. The molecule has 1 fully saturated rings. The summed E-state index contributed by atoms with van der Waals surface area (Å²) in [5.41, 5.74) is 0. The fourth-order valence-corrected chi connectivity index (χ4v) is 3.11. The predicted molar refractivity (Wildman–Crippen MR) is 85.5 cm³/mol. The second-order valence-electron chi connectivity index (χ2n) is 5.29. The lowest BCUT2D eigenvalue weighted by atomic mass is 10.2. The van der Waals surface area contributed by atoms with E-state index in [4.69, 9.17) is 9.47 Å². The molecule has 0 atom stereocenters. The van der Waals surface area contributed by atoms with Gasteiger partial charge in [0.05, 0.1) is 13.7 Å². The summed E-state index contributed by atoms with van der Waals surface area (Å²) in [4.78, 5) is 13.7. The first-order valence-electron chi connectivity index (χ1n) is 7.38. The van der Waals surface area contributed by atoms with Crippen molar-refractivity contribution in [2.75, 3.05) is 26.8 Å². The molecule has 21 heavy (non-hydrogen) atoms. The van der Waals surface area contributed by atoms with Gasteiger partial charge in [-0.25, -0.2) is 0 Å². The molecule has 0 bridgehead atoms. The number of benzene rings is 1. The first kappa shape index (κ1) is 16.3. The fraction of sp³-hybridized carbons (Fsp3) is 0.562. The van der Waals surface area contributed by atoms with Crippen molar-refractivity contribution in [1.29, 1.82) is 0 Å². The van der Waals surface area contributed by atoms with Gasteiger partial charge < -0.3 is 9.47 Å². The zero-order chi connectivity index (χ0) is 15.1. The minimum absolute atomic E-state index is 0.177. The molecular formula is C16H22BrNO3. The first-order valence-corrected chi connectivity index (χ1v) is 8.17. The van der Waals surface area contributed by atoms with Gasteiger partial charge in [-0.05, 0) is 31.0 Å². The van der Waals surface area contributed by atoms with E-state index in [1.807, 2.05) is 24.3 Å². The molecule has 2 rings (SSSR count). The summed E-state index contributed by atoms with van der Waals surface area (Å²) in [5, 5.41) is 0. The van der Waals surface area contributed by atoms with E-state index in [1.54, 1.807) is 0 Å². The van der Waals surface area contributed by atoms with Gasteiger partial charge in [0.1, 0.15) is 12.4 Å². The highest BCUT2D eigenvalue weighted by molar-refractivity contribution is 9.10. The third-order valence-corrected chi connectivity index (χ3v) is 4.34. The van der Waals surface area contributed by atoms with E-state index in [9.17, 15) is 4.79 Å². The van der Waals surface area contributed by atoms with Crippen LogP contribution in [0, 0.1) is 0 Å². The Bertz CT molecular complexity index is 461. The van der Waals surface area contributed by atoms with Crippen LogP contribution in [-0.2, 0) is 9.53 Å². The summed E-state index contributed by atoms with van der Waals surface area (Å²) in [6, 6.07) is 8.28.